The minimum absolute atomic E-state index is 0.0464. The lowest BCUT2D eigenvalue weighted by molar-refractivity contribution is -0.0625. The maximum Gasteiger partial charge on any atom is 0.389 e. The fraction of sp³-hybridized carbons (Fsp3) is 0.371. The van der Waals surface area contributed by atoms with E-state index in [9.17, 15) is 34.3 Å². The summed E-state index contributed by atoms with van der Waals surface area (Å²) in [5.74, 6) is -0.132. The SMILES string of the molecule is COC1C(OP(=O)(OC[C@H]2O[C@@H](n3cnc4c(N)ncnc43)CC2O)SCc2ccc(OC(=O)c3ccc(CO)cc3)cc2)[C@@H](CO)O[C@H]1n1ccc(=O)[nH]c1=O. The molecule has 5 aromatic rings. The number of nitrogens with two attached hydrogens (primary N) is 1. The van der Waals surface area contributed by atoms with Gasteiger partial charge in [0.25, 0.3) is 5.56 Å². The van der Waals surface area contributed by atoms with E-state index in [1.165, 1.54) is 26.0 Å². The predicted molar refractivity (Wildman–Crippen MR) is 201 cm³/mol. The molecule has 0 bridgehead atoms. The number of carbonyl (C=O) groups excluding carboxylic acids is 1. The van der Waals surface area contributed by atoms with Gasteiger partial charge in [-0.05, 0) is 46.8 Å². The van der Waals surface area contributed by atoms with E-state index in [4.69, 9.17) is 33.7 Å². The predicted octanol–water partition coefficient (Wildman–Crippen LogP) is 1.67. The average Bonchev–Trinajstić information content (AvgIpc) is 3.91. The summed E-state index contributed by atoms with van der Waals surface area (Å²) in [5.41, 5.74) is 6.80. The van der Waals surface area contributed by atoms with Gasteiger partial charge in [0.15, 0.2) is 17.7 Å². The molecule has 0 radical (unpaired) electrons. The molecule has 5 heterocycles. The number of rotatable bonds is 15. The fourth-order valence-electron chi connectivity index (χ4n) is 6.33. The molecule has 57 heavy (non-hydrogen) atoms. The number of esters is 1. The number of nitrogens with one attached hydrogen (secondary N) is 1. The number of anilines is 1. The minimum atomic E-state index is -4.31. The minimum Gasteiger partial charge on any atom is -0.423 e. The Morgan fingerprint density at radius 1 is 1.00 bits per heavy atom. The number of hydrogen-bond donors (Lipinski definition) is 5. The Kier molecular flexibility index (Phi) is 12.3. The number of hydrogen-bond acceptors (Lipinski definition) is 18. The highest BCUT2D eigenvalue weighted by Crippen LogP contribution is 2.64. The Hall–Kier alpha value is -4.80. The Bertz CT molecular complexity index is 2360. The molecule has 0 aliphatic carbocycles. The van der Waals surface area contributed by atoms with Crippen molar-refractivity contribution in [2.75, 3.05) is 26.1 Å². The van der Waals surface area contributed by atoms with Crippen molar-refractivity contribution in [2.24, 2.45) is 0 Å². The van der Waals surface area contributed by atoms with Gasteiger partial charge in [-0.2, -0.15) is 0 Å². The van der Waals surface area contributed by atoms with Crippen LogP contribution in [0.5, 0.6) is 5.75 Å². The van der Waals surface area contributed by atoms with Crippen molar-refractivity contribution >= 4 is 41.1 Å². The van der Waals surface area contributed by atoms with Crippen LogP contribution < -0.4 is 21.7 Å². The van der Waals surface area contributed by atoms with Gasteiger partial charge in [0.2, 0.25) is 0 Å². The van der Waals surface area contributed by atoms with Crippen LogP contribution in [0, 0.1) is 0 Å². The molecule has 2 fully saturated rings. The number of aromatic amines is 1. The van der Waals surface area contributed by atoms with E-state index in [0.29, 0.717) is 27.9 Å². The third-order valence-electron chi connectivity index (χ3n) is 9.31. The zero-order valence-electron chi connectivity index (χ0n) is 30.1. The highest BCUT2D eigenvalue weighted by atomic mass is 32.7. The van der Waals surface area contributed by atoms with Crippen molar-refractivity contribution in [2.45, 2.75) is 61.8 Å². The van der Waals surface area contributed by atoms with Crippen LogP contribution in [0.3, 0.4) is 0 Å². The molecule has 20 nitrogen and oxygen atoms in total. The number of aliphatic hydroxyl groups is 3. The number of aromatic nitrogens is 6. The first-order chi connectivity index (χ1) is 27.5. The van der Waals surface area contributed by atoms with Crippen LogP contribution in [0.15, 0.2) is 83.0 Å². The zero-order valence-corrected chi connectivity index (χ0v) is 31.8. The summed E-state index contributed by atoms with van der Waals surface area (Å²) in [7, 11) is 1.31. The largest absolute Gasteiger partial charge is 0.423 e. The number of ether oxygens (including phenoxy) is 4. The monoisotopic (exact) mass is 827 g/mol. The number of aliphatic hydroxyl groups excluding tert-OH is 3. The Morgan fingerprint density at radius 3 is 2.46 bits per heavy atom. The molecule has 2 aliphatic rings. The molecule has 3 aromatic heterocycles. The summed E-state index contributed by atoms with van der Waals surface area (Å²) in [6, 6.07) is 13.9. The van der Waals surface area contributed by atoms with Gasteiger partial charge >= 0.3 is 18.5 Å². The third kappa shape index (κ3) is 8.87. The number of nitrogens with zero attached hydrogens (tertiary/aromatic N) is 5. The van der Waals surface area contributed by atoms with Gasteiger partial charge < -0.3 is 40.0 Å². The lowest BCUT2D eigenvalue weighted by atomic mass is 10.1. The summed E-state index contributed by atoms with van der Waals surface area (Å²) < 4.78 is 52.8. The second-order valence-corrected chi connectivity index (χ2v) is 17.0. The first-order valence-electron chi connectivity index (χ1n) is 17.4. The quantitative estimate of drug-likeness (QED) is 0.0570. The van der Waals surface area contributed by atoms with Gasteiger partial charge in [-0.25, -0.2) is 29.1 Å². The topological polar surface area (TPSA) is 275 Å². The fourth-order valence-corrected chi connectivity index (χ4v) is 9.72. The summed E-state index contributed by atoms with van der Waals surface area (Å²) >= 11 is 0.789. The zero-order chi connectivity index (χ0) is 40.3. The van der Waals surface area contributed by atoms with E-state index >= 15 is 0 Å². The van der Waals surface area contributed by atoms with Crippen molar-refractivity contribution in [3.05, 3.63) is 111 Å². The van der Waals surface area contributed by atoms with Crippen molar-refractivity contribution in [1.82, 2.24) is 29.1 Å². The lowest BCUT2D eigenvalue weighted by Crippen LogP contribution is -2.39. The molecule has 4 unspecified atom stereocenters. The van der Waals surface area contributed by atoms with Crippen molar-refractivity contribution < 1.29 is 52.7 Å². The second-order valence-electron chi connectivity index (χ2n) is 13.0. The summed E-state index contributed by atoms with van der Waals surface area (Å²) in [6.45, 7) is -5.50. The molecular formula is C35H38N7O13PS. The summed E-state index contributed by atoms with van der Waals surface area (Å²) in [5, 5.41) is 30.6. The smallest absolute Gasteiger partial charge is 0.389 e. The van der Waals surface area contributed by atoms with Crippen LogP contribution in [-0.2, 0) is 40.2 Å². The van der Waals surface area contributed by atoms with Crippen LogP contribution in [0.25, 0.3) is 11.2 Å². The van der Waals surface area contributed by atoms with E-state index < -0.39 is 80.2 Å². The van der Waals surface area contributed by atoms with Crippen LogP contribution in [0.2, 0.25) is 0 Å². The van der Waals surface area contributed by atoms with Gasteiger partial charge in [-0.15, -0.1) is 0 Å². The molecule has 0 spiro atoms. The molecular weight excluding hydrogens is 789 g/mol. The van der Waals surface area contributed by atoms with E-state index in [-0.39, 0.29) is 30.3 Å². The number of H-pyrrole nitrogens is 1. The van der Waals surface area contributed by atoms with E-state index in [1.807, 2.05) is 0 Å². The van der Waals surface area contributed by atoms with Gasteiger partial charge in [-0.1, -0.05) is 24.3 Å². The number of methoxy groups -OCH3 is 1. The number of imidazole rings is 1. The van der Waals surface area contributed by atoms with E-state index in [2.05, 4.69) is 19.9 Å². The van der Waals surface area contributed by atoms with E-state index in [0.717, 1.165) is 22.0 Å². The molecule has 8 atom stereocenters. The van der Waals surface area contributed by atoms with Gasteiger partial charge in [-0.3, -0.25) is 28.0 Å². The van der Waals surface area contributed by atoms with Gasteiger partial charge in [0, 0.05) is 31.5 Å². The number of fused-ring (bicyclic) bond motifs is 1. The standard InChI is InChI=1S/C35H38N7O13PS/c1-50-30-29(24(14-44)54-33(30)41-11-10-26(46)40-35(41)48)55-56(49,51-15-25-23(45)12-27(53-25)42-18-39-28-31(36)37-17-38-32(28)42)57-16-20-4-8-22(9-5-20)52-34(47)21-6-2-19(13-43)3-7-21/h2-11,17-18,23-25,27,29-30,33,43-45H,12-16H2,1H3,(H2,36,37,38)(H,40,46,48)/t23?,24-,25-,27-,29?,30?,33-,56?/m1/s1. The summed E-state index contributed by atoms with van der Waals surface area (Å²) in [4.78, 5) is 51.7. The van der Waals surface area contributed by atoms with Crippen LogP contribution in [0.4, 0.5) is 5.82 Å². The molecule has 6 N–H and O–H groups in total. The van der Waals surface area contributed by atoms with Crippen molar-refractivity contribution in [3.63, 3.8) is 0 Å². The molecule has 302 valence electrons. The van der Waals surface area contributed by atoms with Crippen molar-refractivity contribution in [3.8, 4) is 5.75 Å². The normalized spacial score (nSPS) is 24.5. The Morgan fingerprint density at radius 2 is 1.75 bits per heavy atom. The molecule has 22 heteroatoms. The van der Waals surface area contributed by atoms with E-state index in [1.54, 1.807) is 53.1 Å². The highest BCUT2D eigenvalue weighted by molar-refractivity contribution is 8.54. The molecule has 0 saturated carbocycles. The maximum atomic E-state index is 14.8. The van der Waals surface area contributed by atoms with Crippen LogP contribution in [-0.4, -0.2) is 101 Å². The van der Waals surface area contributed by atoms with Crippen molar-refractivity contribution in [1.29, 1.82) is 0 Å². The molecule has 0 amide bonds. The average molecular weight is 828 g/mol. The lowest BCUT2D eigenvalue weighted by Gasteiger charge is -2.28. The van der Waals surface area contributed by atoms with Crippen LogP contribution >= 0.6 is 18.2 Å². The first kappa shape index (κ1) is 40.4. The first-order valence-corrected chi connectivity index (χ1v) is 20.6. The molecule has 2 aromatic carbocycles. The Balaban J connectivity index is 1.09. The summed E-state index contributed by atoms with van der Waals surface area (Å²) in [6.07, 6.45) is -3.49. The number of nitrogen functional groups attached to an aromatic ring is 1. The highest BCUT2D eigenvalue weighted by Gasteiger charge is 2.51. The Labute approximate surface area is 326 Å². The number of carbonyl (C=O) groups is 1. The second kappa shape index (κ2) is 17.4. The maximum absolute atomic E-state index is 14.8. The molecule has 2 aliphatic heterocycles. The van der Waals surface area contributed by atoms with Gasteiger partial charge in [0.1, 0.15) is 48.2 Å². The van der Waals surface area contributed by atoms with Crippen LogP contribution in [0.1, 0.15) is 40.4 Å². The van der Waals surface area contributed by atoms with Gasteiger partial charge in [0.05, 0.1) is 37.8 Å². The molecule has 2 saturated heterocycles. The number of benzene rings is 2. The third-order valence-corrected chi connectivity index (χ3v) is 13.0. The molecule has 7 rings (SSSR count).